The van der Waals surface area contributed by atoms with Crippen molar-refractivity contribution in [2.75, 3.05) is 20.1 Å². The Kier molecular flexibility index (Phi) is 3.53. The number of aliphatic hydroxyl groups is 1. The highest BCUT2D eigenvalue weighted by atomic mass is 16.3. The summed E-state index contributed by atoms with van der Waals surface area (Å²) in [4.78, 5) is 2.24. The third-order valence-corrected chi connectivity index (χ3v) is 2.74. The second-order valence-electron chi connectivity index (χ2n) is 4.17. The molecule has 0 aromatic carbocycles. The van der Waals surface area contributed by atoms with Crippen molar-refractivity contribution in [3.8, 4) is 0 Å². The fourth-order valence-electron chi connectivity index (χ4n) is 2.05. The third kappa shape index (κ3) is 2.76. The summed E-state index contributed by atoms with van der Waals surface area (Å²) in [5.74, 6) is 0. The first-order chi connectivity index (χ1) is 5.66. The van der Waals surface area contributed by atoms with Crippen molar-refractivity contribution in [2.24, 2.45) is 0 Å². The highest BCUT2D eigenvalue weighted by Gasteiger charge is 2.30. The van der Waals surface area contributed by atoms with Gasteiger partial charge in [0.1, 0.15) is 0 Å². The molecule has 0 aromatic rings. The van der Waals surface area contributed by atoms with E-state index in [1.54, 1.807) is 0 Å². The Bertz CT molecular complexity index is 138. The van der Waals surface area contributed by atoms with Crippen LogP contribution in [0.5, 0.6) is 0 Å². The van der Waals surface area contributed by atoms with Crippen molar-refractivity contribution in [3.63, 3.8) is 0 Å². The Hall–Kier alpha value is -0.0800. The molecule has 2 heteroatoms. The van der Waals surface area contributed by atoms with E-state index >= 15 is 0 Å². The Morgan fingerprint density at radius 1 is 1.50 bits per heavy atom. The lowest BCUT2D eigenvalue weighted by Crippen LogP contribution is -2.46. The minimum Gasteiger partial charge on any atom is -0.389 e. The van der Waals surface area contributed by atoms with E-state index in [0.29, 0.717) is 0 Å². The summed E-state index contributed by atoms with van der Waals surface area (Å²) in [6.07, 6.45) is 5.47. The minimum absolute atomic E-state index is 0.372. The van der Waals surface area contributed by atoms with Crippen molar-refractivity contribution >= 4 is 0 Å². The van der Waals surface area contributed by atoms with Crippen LogP contribution in [0, 0.1) is 0 Å². The van der Waals surface area contributed by atoms with Crippen LogP contribution >= 0.6 is 0 Å². The second-order valence-corrected chi connectivity index (χ2v) is 4.17. The molecule has 1 unspecified atom stereocenters. The highest BCUT2D eigenvalue weighted by Crippen LogP contribution is 2.25. The Labute approximate surface area is 75.6 Å². The van der Waals surface area contributed by atoms with Gasteiger partial charge in [-0.1, -0.05) is 19.8 Å². The predicted molar refractivity (Wildman–Crippen MR) is 51.2 cm³/mol. The molecular weight excluding hydrogens is 150 g/mol. The maximum atomic E-state index is 10.1. The molecule has 1 fully saturated rings. The van der Waals surface area contributed by atoms with Gasteiger partial charge in [0.05, 0.1) is 5.60 Å². The molecule has 72 valence electrons. The summed E-state index contributed by atoms with van der Waals surface area (Å²) in [5.41, 5.74) is -0.372. The van der Waals surface area contributed by atoms with Crippen LogP contribution in [0.15, 0.2) is 0 Å². The lowest BCUT2D eigenvalue weighted by molar-refractivity contribution is -0.0308. The Balaban J connectivity index is 2.35. The topological polar surface area (TPSA) is 23.5 Å². The number of hydrogen-bond donors (Lipinski definition) is 1. The standard InChI is InChI=1S/C10H21NO/c1-3-4-6-10(12)7-5-8-11(2)9-10/h12H,3-9H2,1-2H3. The molecule has 1 rings (SSSR count). The molecule has 0 saturated carbocycles. The molecule has 0 aliphatic carbocycles. The normalized spacial score (nSPS) is 32.2. The number of hydrogen-bond acceptors (Lipinski definition) is 2. The van der Waals surface area contributed by atoms with Crippen LogP contribution in [0.2, 0.25) is 0 Å². The fourth-order valence-corrected chi connectivity index (χ4v) is 2.05. The van der Waals surface area contributed by atoms with Crippen molar-refractivity contribution < 1.29 is 5.11 Å². The summed E-state index contributed by atoms with van der Waals surface area (Å²) < 4.78 is 0. The van der Waals surface area contributed by atoms with Crippen molar-refractivity contribution in [2.45, 2.75) is 44.6 Å². The summed E-state index contributed by atoms with van der Waals surface area (Å²) >= 11 is 0. The van der Waals surface area contributed by atoms with Gasteiger partial charge < -0.3 is 10.0 Å². The van der Waals surface area contributed by atoms with Gasteiger partial charge in [-0.25, -0.2) is 0 Å². The molecule has 1 aliphatic heterocycles. The van der Waals surface area contributed by atoms with Crippen LogP contribution in [-0.4, -0.2) is 35.7 Å². The van der Waals surface area contributed by atoms with Gasteiger partial charge in [-0.05, 0) is 32.9 Å². The van der Waals surface area contributed by atoms with Crippen LogP contribution in [0.4, 0.5) is 0 Å². The predicted octanol–water partition coefficient (Wildman–Crippen LogP) is 1.63. The molecule has 1 aliphatic rings. The van der Waals surface area contributed by atoms with E-state index in [-0.39, 0.29) is 5.60 Å². The number of β-amino-alcohol motifs (C(OH)–C–C–N with tert-alkyl or cyclic N) is 1. The van der Waals surface area contributed by atoms with Gasteiger partial charge >= 0.3 is 0 Å². The van der Waals surface area contributed by atoms with Crippen molar-refractivity contribution in [3.05, 3.63) is 0 Å². The summed E-state index contributed by atoms with van der Waals surface area (Å²) in [6.45, 7) is 4.19. The van der Waals surface area contributed by atoms with Gasteiger partial charge in [-0.2, -0.15) is 0 Å². The smallest absolute Gasteiger partial charge is 0.0774 e. The van der Waals surface area contributed by atoms with Crippen LogP contribution in [0.1, 0.15) is 39.0 Å². The zero-order chi connectivity index (χ0) is 9.03. The van der Waals surface area contributed by atoms with Gasteiger partial charge in [0, 0.05) is 6.54 Å². The first kappa shape index (κ1) is 10.0. The maximum absolute atomic E-state index is 10.1. The third-order valence-electron chi connectivity index (χ3n) is 2.74. The molecule has 12 heavy (non-hydrogen) atoms. The molecule has 0 aromatic heterocycles. The van der Waals surface area contributed by atoms with E-state index in [9.17, 15) is 5.11 Å². The molecule has 0 amide bonds. The number of piperidine rings is 1. The largest absolute Gasteiger partial charge is 0.389 e. The maximum Gasteiger partial charge on any atom is 0.0774 e. The molecule has 0 bridgehead atoms. The fraction of sp³-hybridized carbons (Fsp3) is 1.00. The molecule has 1 atom stereocenters. The molecule has 2 nitrogen and oxygen atoms in total. The second kappa shape index (κ2) is 4.24. The van der Waals surface area contributed by atoms with Crippen LogP contribution in [0.3, 0.4) is 0 Å². The zero-order valence-electron chi connectivity index (χ0n) is 8.34. The number of nitrogens with zero attached hydrogens (tertiary/aromatic N) is 1. The average Bonchev–Trinajstić information content (AvgIpc) is 2.01. The van der Waals surface area contributed by atoms with E-state index in [1.807, 2.05) is 0 Å². The lowest BCUT2D eigenvalue weighted by atomic mass is 9.88. The van der Waals surface area contributed by atoms with Crippen LogP contribution < -0.4 is 0 Å². The van der Waals surface area contributed by atoms with Crippen molar-refractivity contribution in [1.29, 1.82) is 0 Å². The van der Waals surface area contributed by atoms with Crippen LogP contribution in [-0.2, 0) is 0 Å². The monoisotopic (exact) mass is 171 g/mol. The Morgan fingerprint density at radius 2 is 2.25 bits per heavy atom. The lowest BCUT2D eigenvalue weighted by Gasteiger charge is -2.37. The molecular formula is C10H21NO. The van der Waals surface area contributed by atoms with E-state index in [1.165, 1.54) is 6.42 Å². The van der Waals surface area contributed by atoms with E-state index < -0.39 is 0 Å². The first-order valence-corrected chi connectivity index (χ1v) is 5.07. The summed E-state index contributed by atoms with van der Waals surface area (Å²) in [6, 6.07) is 0. The molecule has 0 spiro atoms. The molecule has 1 saturated heterocycles. The quantitative estimate of drug-likeness (QED) is 0.697. The zero-order valence-corrected chi connectivity index (χ0v) is 8.34. The van der Waals surface area contributed by atoms with Gasteiger partial charge in [0.2, 0.25) is 0 Å². The molecule has 1 heterocycles. The van der Waals surface area contributed by atoms with Gasteiger partial charge in [0.15, 0.2) is 0 Å². The number of unbranched alkanes of at least 4 members (excludes halogenated alkanes) is 1. The summed E-state index contributed by atoms with van der Waals surface area (Å²) in [5, 5.41) is 10.1. The van der Waals surface area contributed by atoms with Crippen molar-refractivity contribution in [1.82, 2.24) is 4.90 Å². The number of likely N-dealkylation sites (tertiary alicyclic amines) is 1. The molecule has 1 N–H and O–H groups in total. The van der Waals surface area contributed by atoms with Gasteiger partial charge in [-0.15, -0.1) is 0 Å². The average molecular weight is 171 g/mol. The summed E-state index contributed by atoms with van der Waals surface area (Å²) in [7, 11) is 2.09. The minimum atomic E-state index is -0.372. The highest BCUT2D eigenvalue weighted by molar-refractivity contribution is 4.85. The van der Waals surface area contributed by atoms with E-state index in [0.717, 1.165) is 38.8 Å². The Morgan fingerprint density at radius 3 is 2.83 bits per heavy atom. The first-order valence-electron chi connectivity index (χ1n) is 5.07. The van der Waals surface area contributed by atoms with Crippen LogP contribution in [0.25, 0.3) is 0 Å². The number of rotatable bonds is 3. The van der Waals surface area contributed by atoms with Gasteiger partial charge in [0.25, 0.3) is 0 Å². The van der Waals surface area contributed by atoms with E-state index in [4.69, 9.17) is 0 Å². The molecule has 0 radical (unpaired) electrons. The van der Waals surface area contributed by atoms with Gasteiger partial charge in [-0.3, -0.25) is 0 Å². The number of likely N-dealkylation sites (N-methyl/N-ethyl adjacent to an activating group) is 1. The van der Waals surface area contributed by atoms with E-state index in [2.05, 4.69) is 18.9 Å². The SMILES string of the molecule is CCCCC1(O)CCCN(C)C1.